The van der Waals surface area contributed by atoms with Gasteiger partial charge < -0.3 is 0 Å². The van der Waals surface area contributed by atoms with Gasteiger partial charge in [0.25, 0.3) is 0 Å². The number of aryl methyl sites for hydroxylation is 2. The molecular formula is C14H13ClF2N2. The van der Waals surface area contributed by atoms with E-state index in [2.05, 4.69) is 9.97 Å². The van der Waals surface area contributed by atoms with Gasteiger partial charge >= 0.3 is 0 Å². The van der Waals surface area contributed by atoms with Gasteiger partial charge in [-0.3, -0.25) is 0 Å². The molecule has 100 valence electrons. The van der Waals surface area contributed by atoms with Gasteiger partial charge in [-0.05, 0) is 25.5 Å². The molecular weight excluding hydrogens is 270 g/mol. The summed E-state index contributed by atoms with van der Waals surface area (Å²) in [6, 6.07) is 3.04. The SMILES string of the molecule is CCc1nc(Cl)c(C)c(-c2ccc(C)c(F)c2F)n1. The van der Waals surface area contributed by atoms with Crippen LogP contribution in [0.15, 0.2) is 12.1 Å². The molecule has 0 saturated carbocycles. The zero-order valence-corrected chi connectivity index (χ0v) is 11.6. The van der Waals surface area contributed by atoms with Crippen molar-refractivity contribution in [3.8, 4) is 11.3 Å². The molecule has 19 heavy (non-hydrogen) atoms. The lowest BCUT2D eigenvalue weighted by Gasteiger charge is -2.10. The van der Waals surface area contributed by atoms with E-state index in [0.717, 1.165) is 0 Å². The second kappa shape index (κ2) is 5.21. The Bertz CT molecular complexity index is 642. The van der Waals surface area contributed by atoms with E-state index in [1.54, 1.807) is 6.92 Å². The minimum absolute atomic E-state index is 0.111. The standard InChI is InChI=1S/C14H13ClF2N2/c1-4-10-18-13(8(3)14(15)19-10)9-6-5-7(2)11(16)12(9)17/h5-6H,4H2,1-3H3. The van der Waals surface area contributed by atoms with Crippen molar-refractivity contribution in [1.82, 2.24) is 9.97 Å². The van der Waals surface area contributed by atoms with Crippen molar-refractivity contribution in [1.29, 1.82) is 0 Å². The van der Waals surface area contributed by atoms with Gasteiger partial charge in [0.2, 0.25) is 0 Å². The molecule has 1 aromatic heterocycles. The van der Waals surface area contributed by atoms with Crippen molar-refractivity contribution < 1.29 is 8.78 Å². The summed E-state index contributed by atoms with van der Waals surface area (Å²) >= 11 is 6.00. The van der Waals surface area contributed by atoms with Gasteiger partial charge in [0.1, 0.15) is 11.0 Å². The number of hydrogen-bond acceptors (Lipinski definition) is 2. The van der Waals surface area contributed by atoms with Crippen LogP contribution in [0.2, 0.25) is 5.15 Å². The fourth-order valence-electron chi connectivity index (χ4n) is 1.78. The van der Waals surface area contributed by atoms with Crippen molar-refractivity contribution >= 4 is 11.6 Å². The summed E-state index contributed by atoms with van der Waals surface area (Å²) in [6.07, 6.45) is 0.572. The lowest BCUT2D eigenvalue weighted by molar-refractivity contribution is 0.505. The number of benzene rings is 1. The Hall–Kier alpha value is -1.55. The van der Waals surface area contributed by atoms with Gasteiger partial charge in [-0.1, -0.05) is 24.6 Å². The van der Waals surface area contributed by atoms with Crippen molar-refractivity contribution in [2.24, 2.45) is 0 Å². The third-order valence-electron chi connectivity index (χ3n) is 2.98. The summed E-state index contributed by atoms with van der Waals surface area (Å²) in [5.74, 6) is -1.25. The predicted octanol–water partition coefficient (Wildman–Crippen LogP) is 4.25. The number of halogens is 3. The van der Waals surface area contributed by atoms with Crippen molar-refractivity contribution in [3.05, 3.63) is 45.9 Å². The minimum atomic E-state index is -0.903. The maximum absolute atomic E-state index is 14.0. The Labute approximate surface area is 115 Å². The third-order valence-corrected chi connectivity index (χ3v) is 3.35. The maximum Gasteiger partial charge on any atom is 0.168 e. The van der Waals surface area contributed by atoms with Crippen LogP contribution in [0.5, 0.6) is 0 Å². The van der Waals surface area contributed by atoms with E-state index in [0.29, 0.717) is 23.5 Å². The predicted molar refractivity (Wildman–Crippen MR) is 71.2 cm³/mol. The molecule has 0 amide bonds. The number of aromatic nitrogens is 2. The first kappa shape index (κ1) is 13.9. The monoisotopic (exact) mass is 282 g/mol. The zero-order valence-electron chi connectivity index (χ0n) is 10.9. The van der Waals surface area contributed by atoms with Crippen LogP contribution in [0.3, 0.4) is 0 Å². The fourth-order valence-corrected chi connectivity index (χ4v) is 1.97. The Kier molecular flexibility index (Phi) is 3.80. The number of nitrogens with zero attached hydrogens (tertiary/aromatic N) is 2. The molecule has 1 heterocycles. The average Bonchev–Trinajstić information content (AvgIpc) is 2.40. The molecule has 0 atom stereocenters. The molecule has 5 heteroatoms. The topological polar surface area (TPSA) is 25.8 Å². The van der Waals surface area contributed by atoms with E-state index in [9.17, 15) is 8.78 Å². The van der Waals surface area contributed by atoms with Gasteiger partial charge in [0.05, 0.1) is 5.69 Å². The van der Waals surface area contributed by atoms with Crippen LogP contribution in [0.4, 0.5) is 8.78 Å². The highest BCUT2D eigenvalue weighted by molar-refractivity contribution is 6.30. The number of hydrogen-bond donors (Lipinski definition) is 0. The van der Waals surface area contributed by atoms with Crippen LogP contribution >= 0.6 is 11.6 Å². The van der Waals surface area contributed by atoms with E-state index in [4.69, 9.17) is 11.6 Å². The first-order chi connectivity index (χ1) is 8.95. The highest BCUT2D eigenvalue weighted by Gasteiger charge is 2.17. The van der Waals surface area contributed by atoms with E-state index in [1.165, 1.54) is 19.1 Å². The lowest BCUT2D eigenvalue weighted by Crippen LogP contribution is -2.02. The molecule has 0 fully saturated rings. The average molecular weight is 283 g/mol. The molecule has 1 aromatic carbocycles. The summed E-state index contributed by atoms with van der Waals surface area (Å²) in [6.45, 7) is 5.07. The summed E-state index contributed by atoms with van der Waals surface area (Å²) < 4.78 is 27.7. The molecule has 0 aliphatic carbocycles. The molecule has 0 aliphatic heterocycles. The van der Waals surface area contributed by atoms with Gasteiger partial charge in [-0.2, -0.15) is 0 Å². The largest absolute Gasteiger partial charge is 0.232 e. The minimum Gasteiger partial charge on any atom is -0.232 e. The van der Waals surface area contributed by atoms with Crippen LogP contribution < -0.4 is 0 Å². The Morgan fingerprint density at radius 1 is 1.11 bits per heavy atom. The molecule has 0 N–H and O–H groups in total. The first-order valence-electron chi connectivity index (χ1n) is 5.93. The molecule has 0 unspecified atom stereocenters. The van der Waals surface area contributed by atoms with E-state index in [-0.39, 0.29) is 16.3 Å². The third kappa shape index (κ3) is 2.45. The molecule has 0 saturated heterocycles. The molecule has 0 spiro atoms. The fraction of sp³-hybridized carbons (Fsp3) is 0.286. The van der Waals surface area contributed by atoms with Gasteiger partial charge in [0.15, 0.2) is 11.6 Å². The number of rotatable bonds is 2. The molecule has 2 aromatic rings. The van der Waals surface area contributed by atoms with Crippen LogP contribution in [0.1, 0.15) is 23.9 Å². The first-order valence-corrected chi connectivity index (χ1v) is 6.31. The molecule has 0 radical (unpaired) electrons. The summed E-state index contributed by atoms with van der Waals surface area (Å²) in [5, 5.41) is 0.266. The summed E-state index contributed by atoms with van der Waals surface area (Å²) in [4.78, 5) is 8.34. The second-order valence-corrected chi connectivity index (χ2v) is 4.67. The summed E-state index contributed by atoms with van der Waals surface area (Å²) in [7, 11) is 0. The molecule has 0 bridgehead atoms. The van der Waals surface area contributed by atoms with Gasteiger partial charge in [-0.25, -0.2) is 18.7 Å². The van der Waals surface area contributed by atoms with E-state index in [1.807, 2.05) is 6.92 Å². The van der Waals surface area contributed by atoms with E-state index < -0.39 is 11.6 Å². The Balaban J connectivity index is 2.72. The van der Waals surface area contributed by atoms with Gasteiger partial charge in [-0.15, -0.1) is 0 Å². The van der Waals surface area contributed by atoms with Crippen LogP contribution in [0.25, 0.3) is 11.3 Å². The molecule has 2 nitrogen and oxygen atoms in total. The lowest BCUT2D eigenvalue weighted by atomic mass is 10.0. The normalized spacial score (nSPS) is 10.8. The van der Waals surface area contributed by atoms with Crippen LogP contribution in [0, 0.1) is 25.5 Å². The van der Waals surface area contributed by atoms with E-state index >= 15 is 0 Å². The van der Waals surface area contributed by atoms with Gasteiger partial charge in [0, 0.05) is 17.5 Å². The highest BCUT2D eigenvalue weighted by Crippen LogP contribution is 2.29. The maximum atomic E-state index is 14.0. The smallest absolute Gasteiger partial charge is 0.168 e. The van der Waals surface area contributed by atoms with Crippen LogP contribution in [-0.4, -0.2) is 9.97 Å². The zero-order chi connectivity index (χ0) is 14.2. The summed E-state index contributed by atoms with van der Waals surface area (Å²) in [5.41, 5.74) is 1.25. The molecule has 2 rings (SSSR count). The Morgan fingerprint density at radius 3 is 2.42 bits per heavy atom. The Morgan fingerprint density at radius 2 is 1.79 bits per heavy atom. The van der Waals surface area contributed by atoms with Crippen molar-refractivity contribution in [2.45, 2.75) is 27.2 Å². The second-order valence-electron chi connectivity index (χ2n) is 4.32. The van der Waals surface area contributed by atoms with Crippen molar-refractivity contribution in [3.63, 3.8) is 0 Å². The highest BCUT2D eigenvalue weighted by atomic mass is 35.5. The van der Waals surface area contributed by atoms with Crippen molar-refractivity contribution in [2.75, 3.05) is 0 Å². The molecule has 0 aliphatic rings. The van der Waals surface area contributed by atoms with Crippen LogP contribution in [-0.2, 0) is 6.42 Å². The quantitative estimate of drug-likeness (QED) is 0.769.